The number of thioether (sulfide) groups is 1. The molecule has 0 rings (SSSR count). The van der Waals surface area contributed by atoms with Crippen LogP contribution < -0.4 is 11.1 Å². The van der Waals surface area contributed by atoms with Crippen molar-refractivity contribution in [3.05, 3.63) is 0 Å². The summed E-state index contributed by atoms with van der Waals surface area (Å²) in [6.07, 6.45) is 1.94. The maximum absolute atomic E-state index is 8.59. The Morgan fingerprint density at radius 2 is 2.31 bits per heavy atom. The maximum atomic E-state index is 8.59. The van der Waals surface area contributed by atoms with Gasteiger partial charge in [-0.25, -0.2) is 0 Å². The summed E-state index contributed by atoms with van der Waals surface area (Å²) in [5, 5.41) is 11.9. The molecule has 4 heteroatoms. The molecule has 0 aromatic rings. The van der Waals surface area contributed by atoms with E-state index in [-0.39, 0.29) is 6.61 Å². The minimum atomic E-state index is 0.258. The molecule has 0 spiro atoms. The third-order valence-electron chi connectivity index (χ3n) is 1.87. The van der Waals surface area contributed by atoms with Gasteiger partial charge >= 0.3 is 0 Å². The SMILES string of the molecule is CCSCCC(CN)NCCCO. The highest BCUT2D eigenvalue weighted by atomic mass is 32.2. The largest absolute Gasteiger partial charge is 0.396 e. The van der Waals surface area contributed by atoms with E-state index < -0.39 is 0 Å². The van der Waals surface area contributed by atoms with Crippen LogP contribution >= 0.6 is 11.8 Å². The van der Waals surface area contributed by atoms with Gasteiger partial charge in [0.2, 0.25) is 0 Å². The van der Waals surface area contributed by atoms with Crippen molar-refractivity contribution in [2.45, 2.75) is 25.8 Å². The van der Waals surface area contributed by atoms with E-state index in [1.807, 2.05) is 11.8 Å². The minimum absolute atomic E-state index is 0.258. The van der Waals surface area contributed by atoms with E-state index in [0.29, 0.717) is 12.6 Å². The molecule has 80 valence electrons. The summed E-state index contributed by atoms with van der Waals surface area (Å²) in [6, 6.07) is 0.422. The van der Waals surface area contributed by atoms with Gasteiger partial charge < -0.3 is 16.2 Å². The van der Waals surface area contributed by atoms with Gasteiger partial charge in [0.1, 0.15) is 0 Å². The maximum Gasteiger partial charge on any atom is 0.0443 e. The summed E-state index contributed by atoms with van der Waals surface area (Å²) < 4.78 is 0. The molecule has 0 heterocycles. The molecular weight excluding hydrogens is 184 g/mol. The van der Waals surface area contributed by atoms with Crippen molar-refractivity contribution < 1.29 is 5.11 Å². The van der Waals surface area contributed by atoms with E-state index in [9.17, 15) is 0 Å². The predicted molar refractivity (Wildman–Crippen MR) is 60.2 cm³/mol. The standard InChI is InChI=1S/C9H22N2OS/c1-2-13-7-4-9(8-10)11-5-3-6-12/h9,11-12H,2-8,10H2,1H3. The molecule has 0 bridgehead atoms. The molecule has 4 N–H and O–H groups in total. The van der Waals surface area contributed by atoms with Gasteiger partial charge in [-0.3, -0.25) is 0 Å². The van der Waals surface area contributed by atoms with Crippen LogP contribution in [0.5, 0.6) is 0 Å². The van der Waals surface area contributed by atoms with Crippen molar-refractivity contribution >= 4 is 11.8 Å². The quantitative estimate of drug-likeness (QED) is 0.479. The third kappa shape index (κ3) is 8.56. The minimum Gasteiger partial charge on any atom is -0.396 e. The summed E-state index contributed by atoms with van der Waals surface area (Å²) in [5.41, 5.74) is 5.60. The van der Waals surface area contributed by atoms with Gasteiger partial charge in [0.15, 0.2) is 0 Å². The molecule has 0 fully saturated rings. The van der Waals surface area contributed by atoms with Crippen molar-refractivity contribution in [3.8, 4) is 0 Å². The Morgan fingerprint density at radius 1 is 1.54 bits per heavy atom. The highest BCUT2D eigenvalue weighted by molar-refractivity contribution is 7.99. The lowest BCUT2D eigenvalue weighted by Gasteiger charge is -2.15. The lowest BCUT2D eigenvalue weighted by molar-refractivity contribution is 0.283. The lowest BCUT2D eigenvalue weighted by Crippen LogP contribution is -2.37. The fourth-order valence-electron chi connectivity index (χ4n) is 1.06. The van der Waals surface area contributed by atoms with Gasteiger partial charge in [-0.1, -0.05) is 6.92 Å². The van der Waals surface area contributed by atoms with Gasteiger partial charge in [0.25, 0.3) is 0 Å². The highest BCUT2D eigenvalue weighted by Gasteiger charge is 2.03. The number of aliphatic hydroxyl groups excluding tert-OH is 1. The smallest absolute Gasteiger partial charge is 0.0443 e. The number of hydrogen-bond donors (Lipinski definition) is 3. The van der Waals surface area contributed by atoms with Gasteiger partial charge in [0.05, 0.1) is 0 Å². The van der Waals surface area contributed by atoms with Crippen molar-refractivity contribution in [1.29, 1.82) is 0 Å². The molecule has 0 aromatic heterocycles. The zero-order chi connectivity index (χ0) is 9.94. The predicted octanol–water partition coefficient (Wildman–Crippen LogP) is 0.429. The molecular formula is C9H22N2OS. The molecule has 13 heavy (non-hydrogen) atoms. The summed E-state index contributed by atoms with van der Waals surface area (Å²) >= 11 is 1.95. The molecule has 0 aliphatic carbocycles. The molecule has 0 aliphatic rings. The van der Waals surface area contributed by atoms with E-state index in [2.05, 4.69) is 12.2 Å². The molecule has 0 saturated carbocycles. The zero-order valence-electron chi connectivity index (χ0n) is 8.46. The van der Waals surface area contributed by atoms with E-state index in [0.717, 1.165) is 19.4 Å². The Labute approximate surface area is 85.5 Å². The van der Waals surface area contributed by atoms with Crippen LogP contribution in [-0.4, -0.2) is 42.4 Å². The first-order chi connectivity index (χ1) is 6.35. The van der Waals surface area contributed by atoms with E-state index in [1.165, 1.54) is 11.5 Å². The van der Waals surface area contributed by atoms with Crippen molar-refractivity contribution in [2.75, 3.05) is 31.2 Å². The molecule has 0 aliphatic heterocycles. The number of rotatable bonds is 9. The normalized spacial score (nSPS) is 13.2. The summed E-state index contributed by atoms with van der Waals surface area (Å²) in [6.45, 7) is 3.99. The van der Waals surface area contributed by atoms with Crippen LogP contribution in [0.15, 0.2) is 0 Å². The molecule has 0 saturated heterocycles. The average molecular weight is 206 g/mol. The van der Waals surface area contributed by atoms with Crippen molar-refractivity contribution in [3.63, 3.8) is 0 Å². The van der Waals surface area contributed by atoms with Crippen LogP contribution in [0.2, 0.25) is 0 Å². The Balaban J connectivity index is 3.28. The van der Waals surface area contributed by atoms with Crippen LogP contribution in [0.4, 0.5) is 0 Å². The van der Waals surface area contributed by atoms with Crippen LogP contribution in [0.3, 0.4) is 0 Å². The Hall–Kier alpha value is 0.230. The van der Waals surface area contributed by atoms with Crippen LogP contribution in [-0.2, 0) is 0 Å². The number of hydrogen-bond acceptors (Lipinski definition) is 4. The third-order valence-corrected chi connectivity index (χ3v) is 2.80. The van der Waals surface area contributed by atoms with Crippen LogP contribution in [0.25, 0.3) is 0 Å². The van der Waals surface area contributed by atoms with E-state index in [1.54, 1.807) is 0 Å². The van der Waals surface area contributed by atoms with Gasteiger partial charge in [-0.05, 0) is 30.9 Å². The second-order valence-corrected chi connectivity index (χ2v) is 4.34. The topological polar surface area (TPSA) is 58.3 Å². The first kappa shape index (κ1) is 13.2. The number of nitrogens with one attached hydrogen (secondary N) is 1. The summed E-state index contributed by atoms with van der Waals surface area (Å²) in [4.78, 5) is 0. The highest BCUT2D eigenvalue weighted by Crippen LogP contribution is 2.03. The molecule has 0 aromatic carbocycles. The molecule has 0 radical (unpaired) electrons. The fraction of sp³-hybridized carbons (Fsp3) is 1.00. The average Bonchev–Trinajstić information content (AvgIpc) is 2.16. The summed E-state index contributed by atoms with van der Waals surface area (Å²) in [5.74, 6) is 2.35. The van der Waals surface area contributed by atoms with Crippen molar-refractivity contribution in [1.82, 2.24) is 5.32 Å². The second-order valence-electron chi connectivity index (χ2n) is 2.95. The van der Waals surface area contributed by atoms with E-state index >= 15 is 0 Å². The number of aliphatic hydroxyl groups is 1. The monoisotopic (exact) mass is 206 g/mol. The lowest BCUT2D eigenvalue weighted by atomic mass is 10.2. The fourth-order valence-corrected chi connectivity index (χ4v) is 1.80. The van der Waals surface area contributed by atoms with Gasteiger partial charge in [-0.2, -0.15) is 11.8 Å². The Bertz CT molecular complexity index is 93.6. The van der Waals surface area contributed by atoms with Crippen LogP contribution in [0, 0.1) is 0 Å². The second kappa shape index (κ2) is 10.3. The van der Waals surface area contributed by atoms with Gasteiger partial charge in [-0.15, -0.1) is 0 Å². The summed E-state index contributed by atoms with van der Waals surface area (Å²) in [7, 11) is 0. The molecule has 0 amide bonds. The zero-order valence-corrected chi connectivity index (χ0v) is 9.28. The first-order valence-corrected chi connectivity index (χ1v) is 6.12. The molecule has 1 atom stereocenters. The van der Waals surface area contributed by atoms with Crippen LogP contribution in [0.1, 0.15) is 19.8 Å². The number of nitrogens with two attached hydrogens (primary N) is 1. The first-order valence-electron chi connectivity index (χ1n) is 4.97. The Morgan fingerprint density at radius 3 is 2.85 bits per heavy atom. The molecule has 3 nitrogen and oxygen atoms in total. The van der Waals surface area contributed by atoms with E-state index in [4.69, 9.17) is 10.8 Å². The van der Waals surface area contributed by atoms with Gasteiger partial charge in [0, 0.05) is 19.2 Å². The Kier molecular flexibility index (Phi) is 10.5. The molecule has 1 unspecified atom stereocenters. The van der Waals surface area contributed by atoms with Crippen molar-refractivity contribution in [2.24, 2.45) is 5.73 Å².